The van der Waals surface area contributed by atoms with E-state index in [0.29, 0.717) is 12.8 Å². The summed E-state index contributed by atoms with van der Waals surface area (Å²) in [6, 6.07) is 8.30. The minimum atomic E-state index is -0.904. The summed E-state index contributed by atoms with van der Waals surface area (Å²) >= 11 is -0.904. The van der Waals surface area contributed by atoms with Gasteiger partial charge in [0.05, 0.1) is 12.3 Å². The fourth-order valence-electron chi connectivity index (χ4n) is 2.22. The third-order valence-electron chi connectivity index (χ3n) is 3.40. The fourth-order valence-corrected chi connectivity index (χ4v) is 3.09. The fraction of sp³-hybridized carbons (Fsp3) is 0.438. The molecule has 2 atom stereocenters. The van der Waals surface area contributed by atoms with Crippen molar-refractivity contribution in [1.82, 2.24) is 0 Å². The van der Waals surface area contributed by atoms with Gasteiger partial charge in [-0.3, -0.25) is 0 Å². The van der Waals surface area contributed by atoms with Crippen LogP contribution in [0.2, 0.25) is 0 Å². The van der Waals surface area contributed by atoms with Crippen LogP contribution in [0.5, 0.6) is 0 Å². The van der Waals surface area contributed by atoms with E-state index < -0.39 is 11.2 Å². The Bertz CT molecular complexity index is 488. The Morgan fingerprint density at radius 2 is 2.21 bits per heavy atom. The summed E-state index contributed by atoms with van der Waals surface area (Å²) < 4.78 is 11.8. The second-order valence-corrected chi connectivity index (χ2v) is 6.56. The number of rotatable bonds is 6. The van der Waals surface area contributed by atoms with Crippen molar-refractivity contribution in [3.63, 3.8) is 0 Å². The summed E-state index contributed by atoms with van der Waals surface area (Å²) in [5, 5.41) is 8.73. The SMILES string of the molecule is C=C(C)c1cccc(CC(CCC#N)[S+](C)[O-])c1C. The molecule has 0 radical (unpaired) electrons. The first kappa shape index (κ1) is 15.8. The molecule has 0 aliphatic carbocycles. The van der Waals surface area contributed by atoms with Gasteiger partial charge in [0.2, 0.25) is 0 Å². The van der Waals surface area contributed by atoms with Gasteiger partial charge in [-0.15, -0.1) is 0 Å². The van der Waals surface area contributed by atoms with E-state index in [-0.39, 0.29) is 5.25 Å². The second-order valence-electron chi connectivity index (χ2n) is 4.89. The van der Waals surface area contributed by atoms with Gasteiger partial charge >= 0.3 is 0 Å². The van der Waals surface area contributed by atoms with E-state index in [1.807, 2.05) is 13.0 Å². The summed E-state index contributed by atoms with van der Waals surface area (Å²) in [5.41, 5.74) is 4.63. The van der Waals surface area contributed by atoms with E-state index in [9.17, 15) is 4.55 Å². The van der Waals surface area contributed by atoms with E-state index in [2.05, 4.69) is 31.7 Å². The maximum absolute atomic E-state index is 11.8. The highest BCUT2D eigenvalue weighted by molar-refractivity contribution is 7.91. The van der Waals surface area contributed by atoms with Gasteiger partial charge in [-0.05, 0) is 30.5 Å². The third kappa shape index (κ3) is 4.41. The lowest BCUT2D eigenvalue weighted by molar-refractivity contribution is 0.575. The van der Waals surface area contributed by atoms with Gasteiger partial charge in [0.1, 0.15) is 5.25 Å². The van der Waals surface area contributed by atoms with Crippen molar-refractivity contribution in [3.8, 4) is 6.07 Å². The Hall–Kier alpha value is -1.24. The molecule has 0 aliphatic heterocycles. The summed E-state index contributed by atoms with van der Waals surface area (Å²) in [7, 11) is 0. The molecule has 0 spiro atoms. The van der Waals surface area contributed by atoms with Crippen LogP contribution >= 0.6 is 0 Å². The molecule has 3 heteroatoms. The molecule has 1 aromatic carbocycles. The molecule has 0 N–H and O–H groups in total. The molecule has 0 aromatic heterocycles. The normalized spacial score (nSPS) is 13.6. The standard InChI is InChI=1S/C16H21NOS/c1-12(2)16-9-5-7-14(13(16)3)11-15(19(4)18)8-6-10-17/h5,7,9,15H,1,6,8,11H2,2-4H3. The Morgan fingerprint density at radius 3 is 2.74 bits per heavy atom. The van der Waals surface area contributed by atoms with Gasteiger partial charge in [0, 0.05) is 19.3 Å². The first-order valence-corrected chi connectivity index (χ1v) is 8.03. The average Bonchev–Trinajstić information content (AvgIpc) is 2.35. The van der Waals surface area contributed by atoms with Crippen LogP contribution in [0.25, 0.3) is 5.57 Å². The number of benzene rings is 1. The smallest absolute Gasteiger partial charge is 0.120 e. The Morgan fingerprint density at radius 1 is 1.53 bits per heavy atom. The number of hydrogen-bond acceptors (Lipinski definition) is 2. The van der Waals surface area contributed by atoms with Crippen molar-refractivity contribution < 1.29 is 4.55 Å². The summed E-state index contributed by atoms with van der Waals surface area (Å²) in [6.07, 6.45) is 3.64. The molecule has 0 heterocycles. The molecule has 2 unspecified atom stereocenters. The molecule has 0 fully saturated rings. The number of nitrogens with zero attached hydrogens (tertiary/aromatic N) is 1. The molecule has 0 saturated carbocycles. The van der Waals surface area contributed by atoms with E-state index >= 15 is 0 Å². The topological polar surface area (TPSA) is 46.8 Å². The highest BCUT2D eigenvalue weighted by atomic mass is 32.2. The molecule has 0 saturated heterocycles. The van der Waals surface area contributed by atoms with Crippen molar-refractivity contribution in [2.75, 3.05) is 6.26 Å². The largest absolute Gasteiger partial charge is 0.616 e. The lowest BCUT2D eigenvalue weighted by atomic mass is 9.95. The van der Waals surface area contributed by atoms with Crippen LogP contribution in [0.15, 0.2) is 24.8 Å². The van der Waals surface area contributed by atoms with E-state index in [1.165, 1.54) is 16.7 Å². The Balaban J connectivity index is 2.94. The number of hydrogen-bond donors (Lipinski definition) is 0. The van der Waals surface area contributed by atoms with Gasteiger partial charge in [-0.2, -0.15) is 5.26 Å². The molecular formula is C16H21NOS. The maximum Gasteiger partial charge on any atom is 0.120 e. The van der Waals surface area contributed by atoms with Crippen molar-refractivity contribution >= 4 is 16.7 Å². The minimum absolute atomic E-state index is 0.0544. The van der Waals surface area contributed by atoms with Crippen LogP contribution in [0.3, 0.4) is 0 Å². The van der Waals surface area contributed by atoms with E-state index in [0.717, 1.165) is 12.0 Å². The van der Waals surface area contributed by atoms with Gasteiger partial charge in [-0.1, -0.05) is 41.5 Å². The lowest BCUT2D eigenvalue weighted by Gasteiger charge is -2.19. The molecule has 19 heavy (non-hydrogen) atoms. The molecular weight excluding hydrogens is 254 g/mol. The molecule has 1 aromatic rings. The Labute approximate surface area is 119 Å². The summed E-state index contributed by atoms with van der Waals surface area (Å²) in [4.78, 5) is 0. The van der Waals surface area contributed by atoms with Crippen molar-refractivity contribution in [2.45, 2.75) is 38.4 Å². The Kier molecular flexibility index (Phi) is 6.14. The van der Waals surface area contributed by atoms with Crippen molar-refractivity contribution in [3.05, 3.63) is 41.5 Å². The predicted molar refractivity (Wildman–Crippen MR) is 82.3 cm³/mol. The van der Waals surface area contributed by atoms with Crippen LogP contribution in [-0.4, -0.2) is 16.1 Å². The lowest BCUT2D eigenvalue weighted by Crippen LogP contribution is -2.23. The zero-order chi connectivity index (χ0) is 14.4. The molecule has 0 aliphatic rings. The zero-order valence-corrected chi connectivity index (χ0v) is 12.7. The monoisotopic (exact) mass is 275 g/mol. The maximum atomic E-state index is 11.8. The quantitative estimate of drug-likeness (QED) is 0.744. The molecule has 1 rings (SSSR count). The molecule has 0 bridgehead atoms. The van der Waals surface area contributed by atoms with E-state index in [4.69, 9.17) is 5.26 Å². The molecule has 0 amide bonds. The highest BCUT2D eigenvalue weighted by Crippen LogP contribution is 2.23. The van der Waals surface area contributed by atoms with Crippen LogP contribution in [0.1, 0.15) is 36.5 Å². The summed E-state index contributed by atoms with van der Waals surface area (Å²) in [5.74, 6) is 0. The average molecular weight is 275 g/mol. The van der Waals surface area contributed by atoms with Gasteiger partial charge in [0.15, 0.2) is 0 Å². The first-order chi connectivity index (χ1) is 8.97. The van der Waals surface area contributed by atoms with Gasteiger partial charge in [0.25, 0.3) is 0 Å². The number of allylic oxidation sites excluding steroid dienone is 1. The van der Waals surface area contributed by atoms with Crippen molar-refractivity contribution in [2.24, 2.45) is 0 Å². The highest BCUT2D eigenvalue weighted by Gasteiger charge is 2.20. The van der Waals surface area contributed by atoms with Gasteiger partial charge in [-0.25, -0.2) is 0 Å². The van der Waals surface area contributed by atoms with Crippen LogP contribution in [0.4, 0.5) is 0 Å². The zero-order valence-electron chi connectivity index (χ0n) is 11.9. The predicted octanol–water partition coefficient (Wildman–Crippen LogP) is 3.62. The summed E-state index contributed by atoms with van der Waals surface area (Å²) in [6.45, 7) is 8.07. The molecule has 102 valence electrons. The van der Waals surface area contributed by atoms with Crippen LogP contribution in [0, 0.1) is 18.3 Å². The number of nitriles is 1. The second kappa shape index (κ2) is 7.37. The van der Waals surface area contributed by atoms with Crippen LogP contribution < -0.4 is 0 Å². The van der Waals surface area contributed by atoms with Crippen LogP contribution in [-0.2, 0) is 17.6 Å². The van der Waals surface area contributed by atoms with Gasteiger partial charge < -0.3 is 4.55 Å². The van der Waals surface area contributed by atoms with Crippen molar-refractivity contribution in [1.29, 1.82) is 5.26 Å². The third-order valence-corrected chi connectivity index (χ3v) is 4.74. The molecule has 2 nitrogen and oxygen atoms in total. The minimum Gasteiger partial charge on any atom is -0.616 e. The van der Waals surface area contributed by atoms with E-state index in [1.54, 1.807) is 6.26 Å². The first-order valence-electron chi connectivity index (χ1n) is 6.41.